The summed E-state index contributed by atoms with van der Waals surface area (Å²) in [6.45, 7) is 4.26. The van der Waals surface area contributed by atoms with Crippen LogP contribution < -0.4 is 0 Å². The molecule has 1 unspecified atom stereocenters. The van der Waals surface area contributed by atoms with Gasteiger partial charge < -0.3 is 14.7 Å². The van der Waals surface area contributed by atoms with Crippen LogP contribution in [0.3, 0.4) is 0 Å². The van der Waals surface area contributed by atoms with Crippen molar-refractivity contribution in [2.24, 2.45) is 0 Å². The van der Waals surface area contributed by atoms with Gasteiger partial charge in [-0.1, -0.05) is 59.6 Å². The van der Waals surface area contributed by atoms with Gasteiger partial charge in [-0.3, -0.25) is 14.5 Å². The Morgan fingerprint density at radius 3 is 2.41 bits per heavy atom. The van der Waals surface area contributed by atoms with Crippen molar-refractivity contribution in [1.29, 1.82) is 0 Å². The molecule has 0 radical (unpaired) electrons. The van der Waals surface area contributed by atoms with Crippen molar-refractivity contribution in [1.82, 2.24) is 9.80 Å². The number of likely N-dealkylation sites (tertiary alicyclic amines) is 1. The fraction of sp³-hybridized carbons (Fsp3) is 0.333. The van der Waals surface area contributed by atoms with Crippen LogP contribution >= 0.6 is 23.2 Å². The average molecular weight is 475 g/mol. The Kier molecular flexibility index (Phi) is 7.16. The van der Waals surface area contributed by atoms with E-state index in [-0.39, 0.29) is 11.3 Å². The number of carbonyl (C=O) groups is 2. The number of amides is 1. The predicted octanol–water partition coefficient (Wildman–Crippen LogP) is 4.14. The minimum Gasteiger partial charge on any atom is -0.507 e. The third-order valence-electron chi connectivity index (χ3n) is 5.82. The lowest BCUT2D eigenvalue weighted by atomic mass is 9.95. The average Bonchev–Trinajstić information content (AvgIpc) is 3.07. The Labute approximate surface area is 197 Å². The lowest BCUT2D eigenvalue weighted by molar-refractivity contribution is -0.140. The van der Waals surface area contributed by atoms with Gasteiger partial charge in [0, 0.05) is 31.7 Å². The highest BCUT2D eigenvalue weighted by atomic mass is 35.5. The molecule has 1 atom stereocenters. The van der Waals surface area contributed by atoms with Gasteiger partial charge in [0.05, 0.1) is 34.9 Å². The molecule has 2 aromatic carbocycles. The third-order valence-corrected chi connectivity index (χ3v) is 6.56. The van der Waals surface area contributed by atoms with Gasteiger partial charge >= 0.3 is 0 Å². The number of aliphatic hydroxyl groups is 1. The van der Waals surface area contributed by atoms with Crippen molar-refractivity contribution in [3.63, 3.8) is 0 Å². The molecule has 2 aliphatic rings. The Hall–Kier alpha value is -2.38. The van der Waals surface area contributed by atoms with Gasteiger partial charge in [0.25, 0.3) is 11.7 Å². The SMILES string of the molecule is O=C1C(=O)N(CCCN2CCOCC2)C(c2ccc(Cl)c(Cl)c2)/C1=C(\O)c1ccccc1. The first kappa shape index (κ1) is 22.8. The summed E-state index contributed by atoms with van der Waals surface area (Å²) in [6.07, 6.45) is 0.691. The molecule has 1 amide bonds. The summed E-state index contributed by atoms with van der Waals surface area (Å²) in [5.41, 5.74) is 1.16. The second-order valence-corrected chi connectivity index (χ2v) is 8.65. The number of morpholine rings is 1. The first-order valence-electron chi connectivity index (χ1n) is 10.6. The van der Waals surface area contributed by atoms with Crippen LogP contribution in [-0.4, -0.2) is 66.0 Å². The van der Waals surface area contributed by atoms with E-state index >= 15 is 0 Å². The second-order valence-electron chi connectivity index (χ2n) is 7.84. The molecule has 8 heteroatoms. The summed E-state index contributed by atoms with van der Waals surface area (Å²) in [5.74, 6) is -1.52. The van der Waals surface area contributed by atoms with Gasteiger partial charge in [-0.15, -0.1) is 0 Å². The van der Waals surface area contributed by atoms with Crippen LogP contribution in [0.5, 0.6) is 0 Å². The molecule has 32 heavy (non-hydrogen) atoms. The van der Waals surface area contributed by atoms with Crippen molar-refractivity contribution in [3.8, 4) is 0 Å². The molecule has 168 valence electrons. The van der Waals surface area contributed by atoms with E-state index in [1.54, 1.807) is 42.5 Å². The van der Waals surface area contributed by atoms with Gasteiger partial charge in [-0.25, -0.2) is 0 Å². The Bertz CT molecular complexity index is 1040. The lowest BCUT2D eigenvalue weighted by Gasteiger charge is -2.29. The van der Waals surface area contributed by atoms with Gasteiger partial charge in [-0.05, 0) is 24.1 Å². The molecule has 0 saturated carbocycles. The molecular formula is C24H24Cl2N2O4. The van der Waals surface area contributed by atoms with Gasteiger partial charge in [0.1, 0.15) is 5.76 Å². The molecule has 0 aliphatic carbocycles. The maximum atomic E-state index is 13.0. The third kappa shape index (κ3) is 4.69. The molecule has 0 spiro atoms. The monoisotopic (exact) mass is 474 g/mol. The first-order valence-corrected chi connectivity index (χ1v) is 11.3. The van der Waals surface area contributed by atoms with Gasteiger partial charge in [-0.2, -0.15) is 0 Å². The number of hydrogen-bond acceptors (Lipinski definition) is 5. The fourth-order valence-electron chi connectivity index (χ4n) is 4.18. The van der Waals surface area contributed by atoms with Crippen molar-refractivity contribution in [2.45, 2.75) is 12.5 Å². The van der Waals surface area contributed by atoms with E-state index in [9.17, 15) is 14.7 Å². The maximum absolute atomic E-state index is 13.0. The van der Waals surface area contributed by atoms with Crippen molar-refractivity contribution >= 4 is 40.7 Å². The van der Waals surface area contributed by atoms with E-state index < -0.39 is 17.7 Å². The van der Waals surface area contributed by atoms with Crippen LogP contribution in [0, 0.1) is 0 Å². The van der Waals surface area contributed by atoms with Crippen LogP contribution in [0.1, 0.15) is 23.6 Å². The van der Waals surface area contributed by atoms with Crippen LogP contribution in [0.2, 0.25) is 10.0 Å². The molecule has 4 rings (SSSR count). The normalized spacial score (nSPS) is 21.3. The number of aliphatic hydroxyl groups excluding tert-OH is 1. The highest BCUT2D eigenvalue weighted by molar-refractivity contribution is 6.46. The zero-order chi connectivity index (χ0) is 22.7. The standard InChI is InChI=1S/C24H24Cl2N2O4/c25-18-8-7-17(15-19(18)26)21-20(22(29)16-5-2-1-3-6-16)23(30)24(31)28(21)10-4-9-27-11-13-32-14-12-27/h1-3,5-8,15,21,29H,4,9-14H2/b22-20+. The van der Waals surface area contributed by atoms with Crippen LogP contribution in [0.15, 0.2) is 54.1 Å². The summed E-state index contributed by atoms with van der Waals surface area (Å²) >= 11 is 12.3. The van der Waals surface area contributed by atoms with Gasteiger partial charge in [0.15, 0.2) is 0 Å². The summed E-state index contributed by atoms with van der Waals surface area (Å²) < 4.78 is 5.38. The molecule has 0 aromatic heterocycles. The quantitative estimate of drug-likeness (QED) is 0.387. The molecule has 0 bridgehead atoms. The molecule has 2 aromatic rings. The number of rotatable bonds is 6. The summed E-state index contributed by atoms with van der Waals surface area (Å²) in [5, 5.41) is 11.7. The molecule has 2 heterocycles. The van der Waals surface area contributed by atoms with Gasteiger partial charge in [0.2, 0.25) is 0 Å². The largest absolute Gasteiger partial charge is 0.507 e. The first-order chi connectivity index (χ1) is 15.5. The zero-order valence-electron chi connectivity index (χ0n) is 17.5. The topological polar surface area (TPSA) is 70.1 Å². The van der Waals surface area contributed by atoms with E-state index in [0.717, 1.165) is 19.6 Å². The fourth-order valence-corrected chi connectivity index (χ4v) is 4.49. The number of ether oxygens (including phenoxy) is 1. The van der Waals surface area contributed by atoms with E-state index in [4.69, 9.17) is 27.9 Å². The number of halogens is 2. The highest BCUT2D eigenvalue weighted by Crippen LogP contribution is 2.40. The number of nitrogens with zero attached hydrogens (tertiary/aromatic N) is 2. The molecule has 1 N–H and O–H groups in total. The Morgan fingerprint density at radius 2 is 1.72 bits per heavy atom. The van der Waals surface area contributed by atoms with Crippen LogP contribution in [-0.2, 0) is 14.3 Å². The predicted molar refractivity (Wildman–Crippen MR) is 124 cm³/mol. The number of benzene rings is 2. The van der Waals surface area contributed by atoms with E-state index in [1.165, 1.54) is 4.90 Å². The molecule has 2 saturated heterocycles. The second kappa shape index (κ2) is 10.0. The van der Waals surface area contributed by atoms with E-state index in [0.29, 0.717) is 47.4 Å². The van der Waals surface area contributed by atoms with Crippen molar-refractivity contribution in [2.75, 3.05) is 39.4 Å². The minimum atomic E-state index is -0.741. The minimum absolute atomic E-state index is 0.0611. The summed E-state index contributed by atoms with van der Waals surface area (Å²) in [6, 6.07) is 13.0. The Morgan fingerprint density at radius 1 is 1.00 bits per heavy atom. The maximum Gasteiger partial charge on any atom is 0.295 e. The zero-order valence-corrected chi connectivity index (χ0v) is 19.0. The number of hydrogen-bond donors (Lipinski definition) is 1. The molecule has 2 fully saturated rings. The number of ketones is 1. The molecular weight excluding hydrogens is 451 g/mol. The smallest absolute Gasteiger partial charge is 0.295 e. The highest BCUT2D eigenvalue weighted by Gasteiger charge is 2.45. The van der Waals surface area contributed by atoms with Crippen molar-refractivity contribution in [3.05, 3.63) is 75.3 Å². The van der Waals surface area contributed by atoms with Crippen LogP contribution in [0.4, 0.5) is 0 Å². The summed E-state index contributed by atoms with van der Waals surface area (Å²) in [7, 11) is 0. The van der Waals surface area contributed by atoms with E-state index in [1.807, 2.05) is 6.07 Å². The lowest BCUT2D eigenvalue weighted by Crippen LogP contribution is -2.38. The molecule has 6 nitrogen and oxygen atoms in total. The van der Waals surface area contributed by atoms with Crippen molar-refractivity contribution < 1.29 is 19.4 Å². The van der Waals surface area contributed by atoms with Crippen LogP contribution in [0.25, 0.3) is 5.76 Å². The van der Waals surface area contributed by atoms with E-state index in [2.05, 4.69) is 4.90 Å². The number of Topliss-reactive ketones (excluding diaryl/α,β-unsaturated/α-hetero) is 1. The Balaban J connectivity index is 1.68. The number of carbonyl (C=O) groups excluding carboxylic acids is 2. The molecule has 2 aliphatic heterocycles. The summed E-state index contributed by atoms with van der Waals surface area (Å²) in [4.78, 5) is 29.8.